The summed E-state index contributed by atoms with van der Waals surface area (Å²) in [5.74, 6) is -0.767. The second-order valence-corrected chi connectivity index (χ2v) is 12.2. The molecule has 0 saturated heterocycles. The Morgan fingerprint density at radius 1 is 1.04 bits per heavy atom. The van der Waals surface area contributed by atoms with E-state index in [1.54, 1.807) is 7.05 Å². The molecule has 9 nitrogen and oxygen atoms in total. The number of carbonyl (C=O) groups excluding carboxylic acids is 2. The number of likely N-dealkylation sites (N-methyl/N-ethyl adjacent to an activating group) is 1. The largest absolute Gasteiger partial charge is 0.573 e. The fourth-order valence-electron chi connectivity index (χ4n) is 4.59. The summed E-state index contributed by atoms with van der Waals surface area (Å²) in [5, 5.41) is 14.4. The van der Waals surface area contributed by atoms with Crippen LogP contribution in [0.15, 0.2) is 83.8 Å². The van der Waals surface area contributed by atoms with Crippen LogP contribution >= 0.6 is 11.9 Å². The van der Waals surface area contributed by atoms with E-state index < -0.39 is 36.3 Å². The van der Waals surface area contributed by atoms with Crippen LogP contribution < -0.4 is 20.7 Å². The van der Waals surface area contributed by atoms with Crippen LogP contribution in [0, 0.1) is 5.92 Å². The predicted molar refractivity (Wildman–Crippen MR) is 173 cm³/mol. The van der Waals surface area contributed by atoms with Gasteiger partial charge in [-0.15, -0.1) is 13.2 Å². The number of hydrogen-bond donors (Lipinski definition) is 3. The number of aliphatic hydroxyl groups is 1. The number of carbonyl (C=O) groups is 2. The molecule has 0 spiro atoms. The fourth-order valence-corrected chi connectivity index (χ4v) is 5.71. The highest BCUT2D eigenvalue weighted by Crippen LogP contribution is 2.28. The molecule has 3 aromatic rings. The number of ether oxygens (including phenoxy) is 2. The maximum absolute atomic E-state index is 13.6. The second-order valence-electron chi connectivity index (χ2n) is 11.0. The third kappa shape index (κ3) is 12.5. The molecule has 4 unspecified atom stereocenters. The topological polar surface area (TPSA) is 117 Å². The molecule has 0 aliphatic rings. The molecule has 0 aromatic heterocycles. The average molecular weight is 663 g/mol. The van der Waals surface area contributed by atoms with Gasteiger partial charge in [0, 0.05) is 42.5 Å². The number of nitrogens with zero attached hydrogens (tertiary/aromatic N) is 2. The lowest BCUT2D eigenvalue weighted by molar-refractivity contribution is -0.274. The summed E-state index contributed by atoms with van der Waals surface area (Å²) in [4.78, 5) is 27.4. The van der Waals surface area contributed by atoms with Gasteiger partial charge in [0.2, 0.25) is 0 Å². The zero-order chi connectivity index (χ0) is 33.7. The number of amides is 1. The van der Waals surface area contributed by atoms with E-state index in [-0.39, 0.29) is 26.0 Å². The number of nitrogens with two attached hydrogens (primary N) is 1. The van der Waals surface area contributed by atoms with Crippen molar-refractivity contribution < 1.29 is 37.3 Å². The van der Waals surface area contributed by atoms with E-state index in [0.717, 1.165) is 29.0 Å². The SMILES string of the molecule is CCC(C)CN(CC(O)C(Cc1ccccc1)NC(=O)C(CN(C)c1cccc(OC(F)(F)F)c1)OC=O)Sc1ccc(N)cc1. The number of benzene rings is 3. The summed E-state index contributed by atoms with van der Waals surface area (Å²) in [7, 11) is 1.54. The van der Waals surface area contributed by atoms with Crippen molar-refractivity contribution in [3.8, 4) is 5.75 Å². The van der Waals surface area contributed by atoms with Crippen molar-refractivity contribution in [3.05, 3.63) is 84.4 Å². The van der Waals surface area contributed by atoms with Crippen LogP contribution in [0.5, 0.6) is 5.75 Å². The Bertz CT molecular complexity index is 1370. The van der Waals surface area contributed by atoms with Gasteiger partial charge in [-0.25, -0.2) is 4.31 Å². The van der Waals surface area contributed by atoms with E-state index in [2.05, 4.69) is 28.2 Å². The molecular weight excluding hydrogens is 621 g/mol. The Kier molecular flexibility index (Phi) is 14.0. The van der Waals surface area contributed by atoms with Gasteiger partial charge in [-0.1, -0.05) is 56.7 Å². The first-order valence-electron chi connectivity index (χ1n) is 14.8. The number of nitrogen functional groups attached to an aromatic ring is 1. The van der Waals surface area contributed by atoms with Crippen molar-refractivity contribution in [2.75, 3.05) is 37.3 Å². The van der Waals surface area contributed by atoms with Gasteiger partial charge in [0.25, 0.3) is 12.4 Å². The molecule has 0 bridgehead atoms. The summed E-state index contributed by atoms with van der Waals surface area (Å²) in [6.45, 7) is 5.06. The van der Waals surface area contributed by atoms with Gasteiger partial charge in [-0.05, 0) is 66.2 Å². The van der Waals surface area contributed by atoms with Gasteiger partial charge in [-0.2, -0.15) is 0 Å². The second kappa shape index (κ2) is 17.7. The predicted octanol–water partition coefficient (Wildman–Crippen LogP) is 5.29. The summed E-state index contributed by atoms with van der Waals surface area (Å²) in [6.07, 6.45) is -6.01. The monoisotopic (exact) mass is 662 g/mol. The maximum atomic E-state index is 13.6. The lowest BCUT2D eigenvalue weighted by atomic mass is 10.00. The lowest BCUT2D eigenvalue weighted by Gasteiger charge is -2.32. The molecule has 0 fully saturated rings. The number of hydrogen-bond acceptors (Lipinski definition) is 9. The zero-order valence-electron chi connectivity index (χ0n) is 26.0. The van der Waals surface area contributed by atoms with Gasteiger partial charge in [-0.3, -0.25) is 9.59 Å². The first-order chi connectivity index (χ1) is 21.9. The first-order valence-corrected chi connectivity index (χ1v) is 15.6. The maximum Gasteiger partial charge on any atom is 0.573 e. The average Bonchev–Trinajstić information content (AvgIpc) is 3.01. The van der Waals surface area contributed by atoms with E-state index in [9.17, 15) is 27.9 Å². The lowest BCUT2D eigenvalue weighted by Crippen LogP contribution is -2.53. The highest BCUT2D eigenvalue weighted by atomic mass is 32.2. The molecule has 4 atom stereocenters. The Labute approximate surface area is 272 Å². The standard InChI is InChI=1S/C33H41F3N4O5S/c1-4-23(2)19-40(46-28-15-13-25(37)14-16-28)20-30(42)29(17-24-9-6-5-7-10-24)38-32(43)31(44-22-41)21-39(3)26-11-8-12-27(18-26)45-33(34,35)36/h5-16,18,22-23,29-31,42H,4,17,19-21,37H2,1-3H3,(H,38,43). The van der Waals surface area contributed by atoms with Crippen molar-refractivity contribution >= 4 is 35.7 Å². The van der Waals surface area contributed by atoms with Crippen LogP contribution in [0.1, 0.15) is 25.8 Å². The minimum atomic E-state index is -4.87. The van der Waals surface area contributed by atoms with Crippen molar-refractivity contribution in [1.29, 1.82) is 0 Å². The summed E-state index contributed by atoms with van der Waals surface area (Å²) in [6, 6.07) is 21.2. The van der Waals surface area contributed by atoms with Gasteiger partial charge in [0.1, 0.15) is 5.75 Å². The van der Waals surface area contributed by atoms with Gasteiger partial charge < -0.3 is 30.5 Å². The van der Waals surface area contributed by atoms with Crippen LogP contribution in [-0.4, -0.2) is 73.1 Å². The Morgan fingerprint density at radius 2 is 1.74 bits per heavy atom. The zero-order valence-corrected chi connectivity index (χ0v) is 26.8. The van der Waals surface area contributed by atoms with Crippen LogP contribution in [-0.2, 0) is 20.7 Å². The molecule has 0 heterocycles. The summed E-state index contributed by atoms with van der Waals surface area (Å²) in [5.41, 5.74) is 7.67. The van der Waals surface area contributed by atoms with Gasteiger partial charge >= 0.3 is 6.36 Å². The van der Waals surface area contributed by atoms with Crippen molar-refractivity contribution in [3.63, 3.8) is 0 Å². The van der Waals surface area contributed by atoms with E-state index in [0.29, 0.717) is 23.8 Å². The molecule has 46 heavy (non-hydrogen) atoms. The van der Waals surface area contributed by atoms with Gasteiger partial charge in [0.15, 0.2) is 6.10 Å². The molecule has 1 amide bonds. The van der Waals surface area contributed by atoms with Crippen LogP contribution in [0.3, 0.4) is 0 Å². The third-order valence-corrected chi connectivity index (χ3v) is 8.29. The van der Waals surface area contributed by atoms with E-state index >= 15 is 0 Å². The molecule has 4 N–H and O–H groups in total. The Morgan fingerprint density at radius 3 is 2.37 bits per heavy atom. The Hall–Kier alpha value is -3.94. The Balaban J connectivity index is 1.79. The third-order valence-electron chi connectivity index (χ3n) is 7.25. The molecule has 0 saturated carbocycles. The van der Waals surface area contributed by atoms with Crippen molar-refractivity contribution in [1.82, 2.24) is 9.62 Å². The van der Waals surface area contributed by atoms with Crippen molar-refractivity contribution in [2.45, 2.75) is 56.2 Å². The van der Waals surface area contributed by atoms with Crippen LogP contribution in [0.4, 0.5) is 24.5 Å². The quantitative estimate of drug-likeness (QED) is 0.0950. The summed E-state index contributed by atoms with van der Waals surface area (Å²) < 4.78 is 49.4. The van der Waals surface area contributed by atoms with E-state index in [1.807, 2.05) is 54.6 Å². The minimum absolute atomic E-state index is 0.140. The highest BCUT2D eigenvalue weighted by Gasteiger charge is 2.32. The van der Waals surface area contributed by atoms with E-state index in [4.69, 9.17) is 10.5 Å². The molecular formula is C33H41F3N4O5S. The highest BCUT2D eigenvalue weighted by molar-refractivity contribution is 7.97. The number of anilines is 2. The number of nitrogens with one attached hydrogen (secondary N) is 1. The van der Waals surface area contributed by atoms with Crippen LogP contribution in [0.25, 0.3) is 0 Å². The molecule has 0 radical (unpaired) electrons. The molecule has 0 aliphatic heterocycles. The molecule has 3 aromatic carbocycles. The molecule has 250 valence electrons. The number of halogens is 3. The van der Waals surface area contributed by atoms with E-state index in [1.165, 1.54) is 29.0 Å². The number of aliphatic hydroxyl groups excluding tert-OH is 1. The molecule has 3 rings (SSSR count). The minimum Gasteiger partial charge on any atom is -0.453 e. The van der Waals surface area contributed by atoms with Crippen molar-refractivity contribution in [2.24, 2.45) is 5.92 Å². The summed E-state index contributed by atoms with van der Waals surface area (Å²) >= 11 is 1.48. The van der Waals surface area contributed by atoms with Crippen LogP contribution in [0.2, 0.25) is 0 Å². The fraction of sp³-hybridized carbons (Fsp3) is 0.394. The number of alkyl halides is 3. The molecule has 13 heteroatoms. The first kappa shape index (κ1) is 36.5. The van der Waals surface area contributed by atoms with Gasteiger partial charge in [0.05, 0.1) is 18.7 Å². The smallest absolute Gasteiger partial charge is 0.453 e. The normalized spacial score (nSPS) is 14.2. The molecule has 0 aliphatic carbocycles. The number of rotatable bonds is 18.